The fraction of sp³-hybridized carbons (Fsp3) is 0.154. The molecule has 0 aromatic heterocycles. The van der Waals surface area contributed by atoms with Gasteiger partial charge < -0.3 is 9.84 Å². The molecule has 0 aliphatic carbocycles. The van der Waals surface area contributed by atoms with Gasteiger partial charge in [-0.05, 0) is 49.2 Å². The number of aliphatic hydroxyl groups is 1. The third-order valence-electron chi connectivity index (χ3n) is 5.62. The van der Waals surface area contributed by atoms with Crippen molar-refractivity contribution in [1.29, 1.82) is 0 Å². The Kier molecular flexibility index (Phi) is 6.15. The second-order valence-corrected chi connectivity index (χ2v) is 8.41. The number of benzene rings is 3. The van der Waals surface area contributed by atoms with Gasteiger partial charge in [0.1, 0.15) is 23.1 Å². The minimum Gasteiger partial charge on any atom is -0.507 e. The van der Waals surface area contributed by atoms with Crippen molar-refractivity contribution < 1.29 is 28.2 Å². The summed E-state index contributed by atoms with van der Waals surface area (Å²) in [6.07, 6.45) is 0. The smallest absolute Gasteiger partial charge is 0.300 e. The number of carbonyl (C=O) groups is 2. The lowest BCUT2D eigenvalue weighted by Crippen LogP contribution is -2.30. The summed E-state index contributed by atoms with van der Waals surface area (Å²) >= 11 is 6.28. The average molecular weight is 484 g/mol. The first-order chi connectivity index (χ1) is 16.1. The van der Waals surface area contributed by atoms with Crippen molar-refractivity contribution in [1.82, 2.24) is 0 Å². The van der Waals surface area contributed by atoms with Crippen LogP contribution in [0.2, 0.25) is 5.02 Å². The zero-order chi connectivity index (χ0) is 24.7. The number of amides is 1. The highest BCUT2D eigenvalue weighted by Crippen LogP contribution is 2.45. The number of hydrogen-bond acceptors (Lipinski definition) is 4. The summed E-state index contributed by atoms with van der Waals surface area (Å²) in [7, 11) is 1.35. The highest BCUT2D eigenvalue weighted by Gasteiger charge is 2.48. The molecule has 1 N–H and O–H groups in total. The zero-order valence-electron chi connectivity index (χ0n) is 18.5. The molecular weight excluding hydrogens is 464 g/mol. The lowest BCUT2D eigenvalue weighted by atomic mass is 9.93. The van der Waals surface area contributed by atoms with Crippen molar-refractivity contribution in [3.8, 4) is 5.75 Å². The fourth-order valence-electron chi connectivity index (χ4n) is 4.16. The summed E-state index contributed by atoms with van der Waals surface area (Å²) < 4.78 is 34.2. The number of ether oxygens (including phenoxy) is 1. The maximum atomic E-state index is 14.8. The lowest BCUT2D eigenvalue weighted by Gasteiger charge is -2.26. The first kappa shape index (κ1) is 23.4. The van der Waals surface area contributed by atoms with E-state index in [0.717, 1.165) is 28.7 Å². The summed E-state index contributed by atoms with van der Waals surface area (Å²) in [6.45, 7) is 3.54. The van der Waals surface area contributed by atoms with E-state index in [1.54, 1.807) is 37.3 Å². The van der Waals surface area contributed by atoms with Crippen molar-refractivity contribution in [3.63, 3.8) is 0 Å². The molecule has 1 saturated heterocycles. The summed E-state index contributed by atoms with van der Waals surface area (Å²) in [5.41, 5.74) is 1.30. The Morgan fingerprint density at radius 2 is 1.76 bits per heavy atom. The summed E-state index contributed by atoms with van der Waals surface area (Å²) in [4.78, 5) is 27.3. The first-order valence-corrected chi connectivity index (χ1v) is 10.7. The van der Waals surface area contributed by atoms with Gasteiger partial charge in [0.25, 0.3) is 11.7 Å². The topological polar surface area (TPSA) is 66.8 Å². The van der Waals surface area contributed by atoms with Gasteiger partial charge in [-0.1, -0.05) is 41.4 Å². The summed E-state index contributed by atoms with van der Waals surface area (Å²) in [5, 5.41) is 11.5. The Morgan fingerprint density at radius 1 is 1.03 bits per heavy atom. The molecule has 0 radical (unpaired) electrons. The Balaban J connectivity index is 2.05. The van der Waals surface area contributed by atoms with Crippen LogP contribution >= 0.6 is 11.6 Å². The van der Waals surface area contributed by atoms with E-state index in [2.05, 4.69) is 0 Å². The minimum absolute atomic E-state index is 0.0999. The average Bonchev–Trinajstić information content (AvgIpc) is 3.05. The Morgan fingerprint density at radius 3 is 2.44 bits per heavy atom. The van der Waals surface area contributed by atoms with Crippen LogP contribution in [0.25, 0.3) is 5.76 Å². The van der Waals surface area contributed by atoms with Gasteiger partial charge in [0.2, 0.25) is 0 Å². The lowest BCUT2D eigenvalue weighted by molar-refractivity contribution is -0.132. The van der Waals surface area contributed by atoms with E-state index in [4.69, 9.17) is 16.3 Å². The molecule has 1 atom stereocenters. The molecule has 1 aliphatic heterocycles. The summed E-state index contributed by atoms with van der Waals surface area (Å²) in [6, 6.07) is 11.4. The van der Waals surface area contributed by atoms with E-state index in [-0.39, 0.29) is 21.9 Å². The minimum atomic E-state index is -1.22. The molecule has 1 amide bonds. The van der Waals surface area contributed by atoms with Crippen LogP contribution in [0.4, 0.5) is 14.5 Å². The second kappa shape index (κ2) is 8.91. The molecule has 1 aliphatic rings. The number of halogens is 3. The molecule has 0 saturated carbocycles. The maximum Gasteiger partial charge on any atom is 0.300 e. The quantitative estimate of drug-likeness (QED) is 0.286. The number of aryl methyl sites for hydroxylation is 2. The molecule has 174 valence electrons. The van der Waals surface area contributed by atoms with Crippen LogP contribution in [0.5, 0.6) is 5.75 Å². The SMILES string of the molecule is COc1c(Cl)cc(C)cc1/C(O)=C1\C(=O)C(=O)N(c2cc(F)ccc2F)C1c1cccc(C)c1. The molecule has 34 heavy (non-hydrogen) atoms. The predicted molar refractivity (Wildman–Crippen MR) is 125 cm³/mol. The Bertz CT molecular complexity index is 1370. The van der Waals surface area contributed by atoms with E-state index in [1.807, 2.05) is 13.0 Å². The number of rotatable bonds is 4. The molecule has 1 heterocycles. The third kappa shape index (κ3) is 3.92. The number of nitrogens with zero attached hydrogens (tertiary/aromatic N) is 1. The number of methoxy groups -OCH3 is 1. The van der Waals surface area contributed by atoms with E-state index in [0.29, 0.717) is 11.1 Å². The maximum absolute atomic E-state index is 14.8. The highest BCUT2D eigenvalue weighted by molar-refractivity contribution is 6.51. The number of carbonyl (C=O) groups excluding carboxylic acids is 2. The van der Waals surface area contributed by atoms with E-state index >= 15 is 0 Å². The highest BCUT2D eigenvalue weighted by atomic mass is 35.5. The van der Waals surface area contributed by atoms with Crippen molar-refractivity contribution in [2.24, 2.45) is 0 Å². The van der Waals surface area contributed by atoms with Crippen LogP contribution in [-0.4, -0.2) is 23.9 Å². The standard InChI is InChI=1S/C26H20ClF2NO4/c1-13-5-4-6-15(9-13)22-21(23(31)17-10-14(2)11-18(27)25(17)34-3)24(32)26(33)30(22)20-12-16(28)7-8-19(20)29/h4-12,22,31H,1-3H3/b23-21+. The van der Waals surface area contributed by atoms with E-state index < -0.39 is 40.8 Å². The van der Waals surface area contributed by atoms with Crippen molar-refractivity contribution in [2.75, 3.05) is 12.0 Å². The van der Waals surface area contributed by atoms with Crippen LogP contribution in [0.3, 0.4) is 0 Å². The van der Waals surface area contributed by atoms with Gasteiger partial charge in [0, 0.05) is 6.07 Å². The largest absolute Gasteiger partial charge is 0.507 e. The van der Waals surface area contributed by atoms with Crippen LogP contribution in [-0.2, 0) is 9.59 Å². The third-order valence-corrected chi connectivity index (χ3v) is 5.90. The number of Topliss-reactive ketones (excluding diaryl/α,β-unsaturated/α-hetero) is 1. The van der Waals surface area contributed by atoms with Gasteiger partial charge >= 0.3 is 0 Å². The van der Waals surface area contributed by atoms with Gasteiger partial charge in [-0.25, -0.2) is 8.78 Å². The van der Waals surface area contributed by atoms with Gasteiger partial charge in [0.15, 0.2) is 0 Å². The van der Waals surface area contributed by atoms with Gasteiger partial charge in [-0.2, -0.15) is 0 Å². The van der Waals surface area contributed by atoms with Crippen molar-refractivity contribution >= 4 is 34.7 Å². The van der Waals surface area contributed by atoms with Crippen LogP contribution in [0, 0.1) is 25.5 Å². The molecule has 0 spiro atoms. The number of ketones is 1. The van der Waals surface area contributed by atoms with Crippen LogP contribution in [0.1, 0.15) is 28.3 Å². The molecule has 1 fully saturated rings. The summed E-state index contributed by atoms with van der Waals surface area (Å²) in [5.74, 6) is -4.25. The number of hydrogen-bond donors (Lipinski definition) is 1. The molecule has 1 unspecified atom stereocenters. The number of aliphatic hydroxyl groups excluding tert-OH is 1. The molecular formula is C26H20ClF2NO4. The van der Waals surface area contributed by atoms with Crippen molar-refractivity contribution in [3.05, 3.63) is 99.1 Å². The van der Waals surface area contributed by atoms with Gasteiger partial charge in [-0.15, -0.1) is 0 Å². The normalized spacial score (nSPS) is 17.4. The van der Waals surface area contributed by atoms with Crippen molar-refractivity contribution in [2.45, 2.75) is 19.9 Å². The van der Waals surface area contributed by atoms with E-state index in [1.165, 1.54) is 7.11 Å². The molecule has 3 aromatic rings. The zero-order valence-corrected chi connectivity index (χ0v) is 19.3. The predicted octanol–water partition coefficient (Wildman–Crippen LogP) is 5.87. The molecule has 8 heteroatoms. The second-order valence-electron chi connectivity index (χ2n) is 8.01. The van der Waals surface area contributed by atoms with Crippen LogP contribution < -0.4 is 9.64 Å². The Labute approximate surface area is 199 Å². The first-order valence-electron chi connectivity index (χ1n) is 10.3. The molecule has 3 aromatic carbocycles. The molecule has 0 bridgehead atoms. The number of anilines is 1. The van der Waals surface area contributed by atoms with Gasteiger partial charge in [-0.3, -0.25) is 14.5 Å². The van der Waals surface area contributed by atoms with Gasteiger partial charge in [0.05, 0.1) is 35.0 Å². The fourth-order valence-corrected chi connectivity index (χ4v) is 4.52. The monoisotopic (exact) mass is 483 g/mol. The molecule has 5 nitrogen and oxygen atoms in total. The van der Waals surface area contributed by atoms with Crippen LogP contribution in [0.15, 0.2) is 60.2 Å². The molecule has 4 rings (SSSR count). The Hall–Kier alpha value is -3.71. The van der Waals surface area contributed by atoms with E-state index in [9.17, 15) is 23.5 Å².